The monoisotopic (exact) mass is 471 g/mol. The molecule has 35 heavy (non-hydrogen) atoms. The Morgan fingerprint density at radius 2 is 1.71 bits per heavy atom. The molecule has 0 radical (unpaired) electrons. The van der Waals surface area contributed by atoms with Gasteiger partial charge in [0.05, 0.1) is 20.8 Å². The summed E-state index contributed by atoms with van der Waals surface area (Å²) in [7, 11) is 3.19. The number of H-pyrrole nitrogens is 1. The fraction of sp³-hybridized carbons (Fsp3) is 0.214. The largest absolute Gasteiger partial charge is 0.493 e. The van der Waals surface area contributed by atoms with Crippen LogP contribution in [0, 0.1) is 6.92 Å². The zero-order valence-corrected chi connectivity index (χ0v) is 20.1. The minimum Gasteiger partial charge on any atom is -0.493 e. The van der Waals surface area contributed by atoms with Crippen molar-refractivity contribution in [3.05, 3.63) is 99.8 Å². The molecule has 0 atom stereocenters. The number of methoxy groups -OCH3 is 2. The highest BCUT2D eigenvalue weighted by molar-refractivity contribution is 5.89. The van der Waals surface area contributed by atoms with Crippen molar-refractivity contribution in [1.82, 2.24) is 9.88 Å². The van der Waals surface area contributed by atoms with Crippen molar-refractivity contribution in [3.63, 3.8) is 0 Å². The van der Waals surface area contributed by atoms with Crippen molar-refractivity contribution < 1.29 is 14.3 Å². The SMILES string of the molecule is COc1ccc(CCN(Cc2cc3cc(C)ccc3[nH]c2=O)C(=O)Nc2ccccc2)cc1OC. The predicted molar refractivity (Wildman–Crippen MR) is 138 cm³/mol. The molecule has 1 aromatic heterocycles. The lowest BCUT2D eigenvalue weighted by Crippen LogP contribution is -2.37. The quantitative estimate of drug-likeness (QED) is 0.373. The smallest absolute Gasteiger partial charge is 0.322 e. The van der Waals surface area contributed by atoms with Crippen molar-refractivity contribution >= 4 is 22.6 Å². The van der Waals surface area contributed by atoms with E-state index in [1.165, 1.54) is 0 Å². The lowest BCUT2D eigenvalue weighted by molar-refractivity contribution is 0.209. The number of fused-ring (bicyclic) bond motifs is 1. The van der Waals surface area contributed by atoms with Crippen molar-refractivity contribution in [2.45, 2.75) is 19.9 Å². The second-order valence-electron chi connectivity index (χ2n) is 8.37. The predicted octanol–water partition coefficient (Wildman–Crippen LogP) is 5.13. The summed E-state index contributed by atoms with van der Waals surface area (Å²) in [6.07, 6.45) is 0.577. The molecule has 2 N–H and O–H groups in total. The van der Waals surface area contributed by atoms with Crippen LogP contribution >= 0.6 is 0 Å². The van der Waals surface area contributed by atoms with Gasteiger partial charge in [0.2, 0.25) is 0 Å². The Bertz CT molecular complexity index is 1380. The second kappa shape index (κ2) is 10.8. The molecule has 7 nitrogen and oxygen atoms in total. The van der Waals surface area contributed by atoms with Gasteiger partial charge in [-0.3, -0.25) is 4.79 Å². The number of rotatable bonds is 8. The number of aromatic nitrogens is 1. The number of ether oxygens (including phenoxy) is 2. The third kappa shape index (κ3) is 5.81. The molecule has 0 aliphatic heterocycles. The van der Waals surface area contributed by atoms with Gasteiger partial charge in [0, 0.05) is 23.3 Å². The molecule has 1 heterocycles. The molecular weight excluding hydrogens is 442 g/mol. The van der Waals surface area contributed by atoms with E-state index >= 15 is 0 Å². The molecule has 7 heteroatoms. The first-order chi connectivity index (χ1) is 17.0. The van der Waals surface area contributed by atoms with E-state index in [4.69, 9.17) is 9.47 Å². The Kier molecular flexibility index (Phi) is 7.35. The minimum atomic E-state index is -0.277. The highest BCUT2D eigenvalue weighted by Gasteiger charge is 2.17. The standard InChI is InChI=1S/C28H29N3O4/c1-19-9-11-24-21(15-19)17-22(27(32)30-24)18-31(28(33)29-23-7-5-4-6-8-23)14-13-20-10-12-25(34-2)26(16-20)35-3/h4-12,15-17H,13-14,18H2,1-3H3,(H,29,33)(H,30,32). The van der Waals surface area contributed by atoms with Gasteiger partial charge in [-0.15, -0.1) is 0 Å². The number of hydrogen-bond acceptors (Lipinski definition) is 4. The first kappa shape index (κ1) is 23.9. The molecule has 4 aromatic rings. The molecule has 0 saturated heterocycles. The Hall–Kier alpha value is -4.26. The molecule has 0 saturated carbocycles. The summed E-state index contributed by atoms with van der Waals surface area (Å²) in [4.78, 5) is 30.7. The number of anilines is 1. The van der Waals surface area contributed by atoms with E-state index in [1.807, 2.05) is 79.7 Å². The van der Waals surface area contributed by atoms with Crippen LogP contribution < -0.4 is 20.3 Å². The van der Waals surface area contributed by atoms with E-state index in [0.717, 1.165) is 22.0 Å². The van der Waals surface area contributed by atoms with Crippen molar-refractivity contribution in [1.29, 1.82) is 0 Å². The van der Waals surface area contributed by atoms with Gasteiger partial charge in [-0.05, 0) is 66.8 Å². The molecule has 0 unspecified atom stereocenters. The molecule has 0 aliphatic rings. The van der Waals surface area contributed by atoms with Gasteiger partial charge in [-0.1, -0.05) is 35.9 Å². The van der Waals surface area contributed by atoms with E-state index in [2.05, 4.69) is 10.3 Å². The topological polar surface area (TPSA) is 83.7 Å². The molecule has 0 fully saturated rings. The second-order valence-corrected chi connectivity index (χ2v) is 8.37. The van der Waals surface area contributed by atoms with Gasteiger partial charge in [0.15, 0.2) is 11.5 Å². The fourth-order valence-corrected chi connectivity index (χ4v) is 3.97. The van der Waals surface area contributed by atoms with Gasteiger partial charge in [-0.2, -0.15) is 0 Å². The number of hydrogen-bond donors (Lipinski definition) is 2. The normalized spacial score (nSPS) is 10.7. The van der Waals surface area contributed by atoms with E-state index < -0.39 is 0 Å². The number of nitrogens with zero attached hydrogens (tertiary/aromatic N) is 1. The Balaban J connectivity index is 1.60. The summed E-state index contributed by atoms with van der Waals surface area (Å²) >= 11 is 0. The molecule has 3 aromatic carbocycles. The first-order valence-electron chi connectivity index (χ1n) is 11.4. The van der Waals surface area contributed by atoms with Crippen LogP contribution in [0.4, 0.5) is 10.5 Å². The van der Waals surface area contributed by atoms with E-state index in [-0.39, 0.29) is 18.1 Å². The summed E-state index contributed by atoms with van der Waals surface area (Å²) in [5.74, 6) is 1.28. The third-order valence-corrected chi connectivity index (χ3v) is 5.87. The maximum Gasteiger partial charge on any atom is 0.322 e. The summed E-state index contributed by atoms with van der Waals surface area (Å²) < 4.78 is 10.7. The van der Waals surface area contributed by atoms with Gasteiger partial charge >= 0.3 is 6.03 Å². The van der Waals surface area contributed by atoms with Crippen LogP contribution in [0.25, 0.3) is 10.9 Å². The van der Waals surface area contributed by atoms with Gasteiger partial charge < -0.3 is 24.7 Å². The highest BCUT2D eigenvalue weighted by Crippen LogP contribution is 2.28. The van der Waals surface area contributed by atoms with Crippen molar-refractivity contribution in [2.24, 2.45) is 0 Å². The molecular formula is C28H29N3O4. The summed E-state index contributed by atoms with van der Waals surface area (Å²) in [5.41, 5.74) is 3.88. The number of urea groups is 1. The fourth-order valence-electron chi connectivity index (χ4n) is 3.97. The van der Waals surface area contributed by atoms with Crippen LogP contribution in [-0.2, 0) is 13.0 Å². The average molecular weight is 472 g/mol. The van der Waals surface area contributed by atoms with E-state index in [1.54, 1.807) is 19.1 Å². The third-order valence-electron chi connectivity index (χ3n) is 5.87. The summed E-state index contributed by atoms with van der Waals surface area (Å²) in [6.45, 7) is 2.58. The first-order valence-corrected chi connectivity index (χ1v) is 11.4. The van der Waals surface area contributed by atoms with E-state index in [0.29, 0.717) is 35.7 Å². The molecule has 0 aliphatic carbocycles. The zero-order valence-electron chi connectivity index (χ0n) is 20.1. The van der Waals surface area contributed by atoms with Crippen LogP contribution in [0.15, 0.2) is 77.6 Å². The highest BCUT2D eigenvalue weighted by atomic mass is 16.5. The number of aromatic amines is 1. The summed E-state index contributed by atoms with van der Waals surface area (Å²) in [5, 5.41) is 3.87. The maximum absolute atomic E-state index is 13.2. The zero-order chi connectivity index (χ0) is 24.8. The Morgan fingerprint density at radius 3 is 2.46 bits per heavy atom. The lowest BCUT2D eigenvalue weighted by atomic mass is 10.1. The van der Waals surface area contributed by atoms with Gasteiger partial charge in [0.25, 0.3) is 5.56 Å². The molecule has 4 rings (SSSR count). The van der Waals surface area contributed by atoms with Gasteiger partial charge in [-0.25, -0.2) is 4.79 Å². The van der Waals surface area contributed by atoms with Crippen LogP contribution in [0.5, 0.6) is 11.5 Å². The molecule has 0 bridgehead atoms. The number of carbonyl (C=O) groups excluding carboxylic acids is 1. The molecule has 2 amide bonds. The molecule has 180 valence electrons. The Morgan fingerprint density at radius 1 is 0.943 bits per heavy atom. The maximum atomic E-state index is 13.2. The van der Waals surface area contributed by atoms with Crippen LogP contribution in [0.1, 0.15) is 16.7 Å². The number of carbonyl (C=O) groups is 1. The number of amides is 2. The number of para-hydroxylation sites is 1. The Labute approximate surface area is 204 Å². The number of benzene rings is 3. The number of nitrogens with one attached hydrogen (secondary N) is 2. The van der Waals surface area contributed by atoms with Crippen molar-refractivity contribution in [3.8, 4) is 11.5 Å². The minimum absolute atomic E-state index is 0.172. The van der Waals surface area contributed by atoms with Crippen LogP contribution in [0.3, 0.4) is 0 Å². The summed E-state index contributed by atoms with van der Waals surface area (Å²) in [6, 6.07) is 22.4. The lowest BCUT2D eigenvalue weighted by Gasteiger charge is -2.23. The molecule has 0 spiro atoms. The number of aryl methyl sites for hydroxylation is 1. The average Bonchev–Trinajstić information content (AvgIpc) is 2.87. The van der Waals surface area contributed by atoms with Crippen LogP contribution in [-0.4, -0.2) is 36.7 Å². The van der Waals surface area contributed by atoms with Gasteiger partial charge in [0.1, 0.15) is 0 Å². The van der Waals surface area contributed by atoms with Crippen molar-refractivity contribution in [2.75, 3.05) is 26.1 Å². The van der Waals surface area contributed by atoms with E-state index in [9.17, 15) is 9.59 Å². The van der Waals surface area contributed by atoms with Crippen LogP contribution in [0.2, 0.25) is 0 Å². The number of pyridine rings is 1.